The van der Waals surface area contributed by atoms with Crippen molar-refractivity contribution in [1.29, 1.82) is 0 Å². The molecule has 0 saturated carbocycles. The first-order chi connectivity index (χ1) is 17.5. The number of carbonyl (C=O) groups is 3. The lowest BCUT2D eigenvalue weighted by Gasteiger charge is -2.16. The highest BCUT2D eigenvalue weighted by atomic mass is 32.2. The first-order valence-corrected chi connectivity index (χ1v) is 13.2. The predicted molar refractivity (Wildman–Crippen MR) is 144 cm³/mol. The van der Waals surface area contributed by atoms with Crippen LogP contribution in [-0.2, 0) is 16.6 Å². The minimum absolute atomic E-state index is 0.0206. The molecule has 3 aromatic rings. The van der Waals surface area contributed by atoms with Gasteiger partial charge in [-0.1, -0.05) is 23.9 Å². The Hall–Kier alpha value is -3.38. The van der Waals surface area contributed by atoms with Gasteiger partial charge in [-0.3, -0.25) is 9.59 Å². The Bertz CT molecular complexity index is 1330. The third-order valence-electron chi connectivity index (χ3n) is 5.81. The van der Waals surface area contributed by atoms with Gasteiger partial charge in [-0.25, -0.2) is 4.79 Å². The molecule has 10 nitrogen and oxygen atoms in total. The lowest BCUT2D eigenvalue weighted by atomic mass is 10.1. The van der Waals surface area contributed by atoms with E-state index < -0.39 is 5.97 Å². The maximum atomic E-state index is 12.8. The Balaban J connectivity index is 1.71. The predicted octanol–water partition coefficient (Wildman–Crippen LogP) is 4.16. The van der Waals surface area contributed by atoms with E-state index in [2.05, 4.69) is 15.5 Å². The van der Waals surface area contributed by atoms with E-state index in [1.165, 1.54) is 23.8 Å². The Morgan fingerprint density at radius 3 is 2.51 bits per heavy atom. The molecule has 12 heteroatoms. The van der Waals surface area contributed by atoms with Gasteiger partial charge in [0.05, 0.1) is 23.3 Å². The van der Waals surface area contributed by atoms with E-state index in [-0.39, 0.29) is 34.2 Å². The molecule has 198 valence electrons. The SMILES string of the molecule is COC(=O)c1c(NC(=O)CSc2nnc(C(C)Oc3cccc(C)c3C)n2C)sc(C(=O)N(C)C)c1C. The number of anilines is 1. The van der Waals surface area contributed by atoms with Crippen molar-refractivity contribution in [2.24, 2.45) is 7.05 Å². The molecule has 2 aromatic heterocycles. The molecule has 0 aliphatic rings. The van der Waals surface area contributed by atoms with Crippen molar-refractivity contribution in [3.8, 4) is 5.75 Å². The van der Waals surface area contributed by atoms with Gasteiger partial charge < -0.3 is 24.3 Å². The first-order valence-electron chi connectivity index (χ1n) is 11.4. The summed E-state index contributed by atoms with van der Waals surface area (Å²) in [6, 6.07) is 5.89. The summed E-state index contributed by atoms with van der Waals surface area (Å²) in [4.78, 5) is 39.5. The van der Waals surface area contributed by atoms with Gasteiger partial charge in [0.2, 0.25) is 5.91 Å². The number of rotatable bonds is 9. The van der Waals surface area contributed by atoms with Crippen LogP contribution in [0.3, 0.4) is 0 Å². The molecule has 37 heavy (non-hydrogen) atoms. The highest BCUT2D eigenvalue weighted by Crippen LogP contribution is 2.35. The minimum atomic E-state index is -0.620. The highest BCUT2D eigenvalue weighted by Gasteiger charge is 2.27. The van der Waals surface area contributed by atoms with Crippen LogP contribution in [-0.4, -0.2) is 64.4 Å². The molecule has 1 N–H and O–H groups in total. The van der Waals surface area contributed by atoms with Crippen LogP contribution in [0.1, 0.15) is 55.6 Å². The lowest BCUT2D eigenvalue weighted by molar-refractivity contribution is -0.113. The second-order valence-electron chi connectivity index (χ2n) is 8.65. The maximum Gasteiger partial charge on any atom is 0.341 e. The highest BCUT2D eigenvalue weighted by molar-refractivity contribution is 7.99. The number of thiophene rings is 1. The van der Waals surface area contributed by atoms with Crippen molar-refractivity contribution in [3.63, 3.8) is 0 Å². The van der Waals surface area contributed by atoms with Gasteiger partial charge in [-0.05, 0) is 50.5 Å². The smallest absolute Gasteiger partial charge is 0.341 e. The lowest BCUT2D eigenvalue weighted by Crippen LogP contribution is -2.21. The summed E-state index contributed by atoms with van der Waals surface area (Å²) in [5.74, 6) is 0.190. The van der Waals surface area contributed by atoms with Crippen LogP contribution < -0.4 is 10.1 Å². The van der Waals surface area contributed by atoms with Gasteiger partial charge in [0.1, 0.15) is 10.8 Å². The fraction of sp³-hybridized carbons (Fsp3) is 0.400. The van der Waals surface area contributed by atoms with Gasteiger partial charge >= 0.3 is 5.97 Å². The molecule has 1 atom stereocenters. The first kappa shape index (κ1) is 28.2. The Kier molecular flexibility index (Phi) is 8.98. The molecule has 0 aliphatic heterocycles. The topological polar surface area (TPSA) is 116 Å². The van der Waals surface area contributed by atoms with Crippen molar-refractivity contribution < 1.29 is 23.9 Å². The summed E-state index contributed by atoms with van der Waals surface area (Å²) in [6.07, 6.45) is -0.356. The third kappa shape index (κ3) is 6.13. The van der Waals surface area contributed by atoms with Crippen LogP contribution in [0.5, 0.6) is 5.75 Å². The number of aromatic nitrogens is 3. The summed E-state index contributed by atoms with van der Waals surface area (Å²) in [5.41, 5.74) is 2.84. The number of aryl methyl sites for hydroxylation is 1. The summed E-state index contributed by atoms with van der Waals surface area (Å²) in [7, 11) is 6.31. The minimum Gasteiger partial charge on any atom is -0.482 e. The van der Waals surface area contributed by atoms with Crippen molar-refractivity contribution in [3.05, 3.63) is 51.2 Å². The Morgan fingerprint density at radius 1 is 1.16 bits per heavy atom. The third-order valence-corrected chi connectivity index (χ3v) is 8.03. The number of thioether (sulfide) groups is 1. The monoisotopic (exact) mass is 545 g/mol. The zero-order valence-electron chi connectivity index (χ0n) is 22.2. The molecule has 1 aromatic carbocycles. The number of nitrogens with zero attached hydrogens (tertiary/aromatic N) is 4. The van der Waals surface area contributed by atoms with E-state index in [0.717, 1.165) is 28.2 Å². The molecule has 0 bridgehead atoms. The number of esters is 1. The van der Waals surface area contributed by atoms with Crippen LogP contribution in [0.25, 0.3) is 0 Å². The normalized spacial score (nSPS) is 11.7. The second kappa shape index (κ2) is 11.8. The molecular weight excluding hydrogens is 514 g/mol. The summed E-state index contributed by atoms with van der Waals surface area (Å²) in [5, 5.41) is 12.0. The van der Waals surface area contributed by atoms with Gasteiger partial charge in [0.15, 0.2) is 17.1 Å². The zero-order chi connectivity index (χ0) is 27.4. The number of benzene rings is 1. The molecule has 0 spiro atoms. The fourth-order valence-corrected chi connectivity index (χ4v) is 5.50. The Morgan fingerprint density at radius 2 is 1.86 bits per heavy atom. The number of carbonyl (C=O) groups excluding carboxylic acids is 3. The Labute approximate surface area is 224 Å². The van der Waals surface area contributed by atoms with E-state index in [1.807, 2.05) is 46.0 Å². The van der Waals surface area contributed by atoms with E-state index in [4.69, 9.17) is 9.47 Å². The molecule has 0 radical (unpaired) electrons. The summed E-state index contributed by atoms with van der Waals surface area (Å²) in [6.45, 7) is 7.59. The molecule has 1 unspecified atom stereocenters. The molecule has 0 saturated heterocycles. The molecule has 0 aliphatic carbocycles. The average Bonchev–Trinajstić information content (AvgIpc) is 3.38. The zero-order valence-corrected chi connectivity index (χ0v) is 23.8. The molecule has 2 heterocycles. The molecular formula is C25H31N5O5S2. The van der Waals surface area contributed by atoms with Gasteiger partial charge in [0.25, 0.3) is 5.91 Å². The summed E-state index contributed by atoms with van der Waals surface area (Å²) < 4.78 is 12.8. The van der Waals surface area contributed by atoms with E-state index >= 15 is 0 Å². The number of hydrogen-bond acceptors (Lipinski definition) is 9. The average molecular weight is 546 g/mol. The summed E-state index contributed by atoms with van der Waals surface area (Å²) >= 11 is 2.25. The van der Waals surface area contributed by atoms with Crippen molar-refractivity contribution in [1.82, 2.24) is 19.7 Å². The largest absolute Gasteiger partial charge is 0.482 e. The van der Waals surface area contributed by atoms with Crippen LogP contribution >= 0.6 is 23.1 Å². The fourth-order valence-electron chi connectivity index (χ4n) is 3.55. The van der Waals surface area contributed by atoms with Crippen LogP contribution in [0.4, 0.5) is 5.00 Å². The number of methoxy groups -OCH3 is 1. The van der Waals surface area contributed by atoms with Crippen LogP contribution in [0, 0.1) is 20.8 Å². The van der Waals surface area contributed by atoms with Crippen molar-refractivity contribution in [2.75, 3.05) is 32.3 Å². The van der Waals surface area contributed by atoms with Gasteiger partial charge in [-0.15, -0.1) is 21.5 Å². The maximum absolute atomic E-state index is 12.8. The molecule has 0 fully saturated rings. The van der Waals surface area contributed by atoms with Crippen molar-refractivity contribution in [2.45, 2.75) is 39.0 Å². The van der Waals surface area contributed by atoms with E-state index in [0.29, 0.717) is 21.4 Å². The number of ether oxygens (including phenoxy) is 2. The van der Waals surface area contributed by atoms with Crippen LogP contribution in [0.2, 0.25) is 0 Å². The van der Waals surface area contributed by atoms with Gasteiger partial charge in [-0.2, -0.15) is 0 Å². The number of nitrogens with one attached hydrogen (secondary N) is 1. The standard InChI is InChI=1S/C25H31N5O5S2/c1-13-10-9-11-17(14(13)2)35-16(4)21-27-28-25(30(21)7)36-12-18(31)26-22-19(24(33)34-8)15(3)20(37-22)23(32)29(5)6/h9-11,16H,12H2,1-8H3,(H,26,31). The molecule has 3 rings (SSSR count). The number of hydrogen-bond donors (Lipinski definition) is 1. The quantitative estimate of drug-likeness (QED) is 0.315. The van der Waals surface area contributed by atoms with Crippen molar-refractivity contribution >= 4 is 45.9 Å². The van der Waals surface area contributed by atoms with E-state index in [9.17, 15) is 14.4 Å². The number of amides is 2. The van der Waals surface area contributed by atoms with Crippen LogP contribution in [0.15, 0.2) is 23.4 Å². The van der Waals surface area contributed by atoms with E-state index in [1.54, 1.807) is 25.6 Å². The van der Waals surface area contributed by atoms with Gasteiger partial charge in [0, 0.05) is 21.1 Å². The second-order valence-corrected chi connectivity index (χ2v) is 10.6. The molecule has 2 amide bonds.